The van der Waals surface area contributed by atoms with Crippen LogP contribution >= 0.6 is 0 Å². The molecule has 1 N–H and O–H groups in total. The molecule has 21 heavy (non-hydrogen) atoms. The molecule has 1 aromatic carbocycles. The lowest BCUT2D eigenvalue weighted by molar-refractivity contribution is 0.0733. The van der Waals surface area contributed by atoms with E-state index in [-0.39, 0.29) is 17.2 Å². The molecule has 1 aromatic rings. The van der Waals surface area contributed by atoms with Crippen LogP contribution in [0.2, 0.25) is 0 Å². The quantitative estimate of drug-likeness (QED) is 0.907. The number of rotatable bonds is 5. The first kappa shape index (κ1) is 15.8. The summed E-state index contributed by atoms with van der Waals surface area (Å²) in [5.74, 6) is -0.552. The second-order valence-electron chi connectivity index (χ2n) is 5.31. The van der Waals surface area contributed by atoms with Crippen LogP contribution in [0.5, 0.6) is 5.75 Å². The fraction of sp³-hybridized carbons (Fsp3) is 0.562. The molecule has 1 aliphatic heterocycles. The van der Waals surface area contributed by atoms with Gasteiger partial charge < -0.3 is 15.0 Å². The minimum Gasteiger partial charge on any atom is -0.496 e. The van der Waals surface area contributed by atoms with Crippen molar-refractivity contribution in [1.29, 1.82) is 0 Å². The van der Waals surface area contributed by atoms with Crippen LogP contribution < -0.4 is 10.1 Å². The van der Waals surface area contributed by atoms with E-state index in [4.69, 9.17) is 4.74 Å². The first-order valence-corrected chi connectivity index (χ1v) is 7.52. The largest absolute Gasteiger partial charge is 0.496 e. The predicted octanol–water partition coefficient (Wildman–Crippen LogP) is 2.44. The lowest BCUT2D eigenvalue weighted by Gasteiger charge is -2.30. The van der Waals surface area contributed by atoms with Crippen LogP contribution in [0.25, 0.3) is 0 Å². The average molecular weight is 294 g/mol. The Morgan fingerprint density at radius 1 is 1.48 bits per heavy atom. The highest BCUT2D eigenvalue weighted by Crippen LogP contribution is 2.23. The van der Waals surface area contributed by atoms with Crippen LogP contribution in [0.15, 0.2) is 18.2 Å². The molecule has 0 aliphatic carbocycles. The summed E-state index contributed by atoms with van der Waals surface area (Å²) in [6, 6.07) is 4.75. The molecular weight excluding hydrogens is 271 g/mol. The van der Waals surface area contributed by atoms with E-state index in [1.54, 1.807) is 17.0 Å². The normalized spacial score (nSPS) is 18.3. The Balaban J connectivity index is 2.16. The maximum atomic E-state index is 14.0. The van der Waals surface area contributed by atoms with Gasteiger partial charge in [-0.3, -0.25) is 4.79 Å². The summed E-state index contributed by atoms with van der Waals surface area (Å²) in [5, 5.41) is 3.41. The highest BCUT2D eigenvalue weighted by molar-refractivity contribution is 5.97. The van der Waals surface area contributed by atoms with Crippen LogP contribution in [0.1, 0.15) is 36.5 Å². The fourth-order valence-corrected chi connectivity index (χ4v) is 2.74. The van der Waals surface area contributed by atoms with Gasteiger partial charge in [-0.25, -0.2) is 4.39 Å². The highest BCUT2D eigenvalue weighted by atomic mass is 19.1. The molecule has 1 amide bonds. The van der Waals surface area contributed by atoms with Gasteiger partial charge in [0.05, 0.1) is 7.11 Å². The van der Waals surface area contributed by atoms with Crippen molar-refractivity contribution in [3.63, 3.8) is 0 Å². The number of ether oxygens (including phenoxy) is 1. The molecule has 2 rings (SSSR count). The van der Waals surface area contributed by atoms with Crippen molar-refractivity contribution in [3.05, 3.63) is 29.6 Å². The van der Waals surface area contributed by atoms with Crippen molar-refractivity contribution in [3.8, 4) is 5.75 Å². The predicted molar refractivity (Wildman–Crippen MR) is 80.2 cm³/mol. The van der Waals surface area contributed by atoms with Gasteiger partial charge in [-0.05, 0) is 38.4 Å². The Hall–Kier alpha value is -1.62. The number of carbonyl (C=O) groups excluding carboxylic acids is 1. The maximum absolute atomic E-state index is 14.0. The lowest BCUT2D eigenvalue weighted by atomic mass is 10.0. The average Bonchev–Trinajstić information content (AvgIpc) is 2.52. The zero-order chi connectivity index (χ0) is 15.2. The molecule has 1 aliphatic rings. The molecule has 0 bridgehead atoms. The van der Waals surface area contributed by atoms with Crippen LogP contribution in [0.3, 0.4) is 0 Å². The molecule has 0 saturated carbocycles. The van der Waals surface area contributed by atoms with E-state index in [2.05, 4.69) is 5.32 Å². The van der Waals surface area contributed by atoms with Gasteiger partial charge in [-0.1, -0.05) is 12.5 Å². The fourth-order valence-electron chi connectivity index (χ4n) is 2.74. The Kier molecular flexibility index (Phi) is 5.56. The molecule has 1 fully saturated rings. The van der Waals surface area contributed by atoms with Gasteiger partial charge >= 0.3 is 0 Å². The van der Waals surface area contributed by atoms with Crippen molar-refractivity contribution >= 4 is 5.91 Å². The zero-order valence-corrected chi connectivity index (χ0v) is 12.7. The number of piperidine rings is 1. The van der Waals surface area contributed by atoms with E-state index in [1.165, 1.54) is 26.0 Å². The van der Waals surface area contributed by atoms with Crippen LogP contribution in [0, 0.1) is 5.82 Å². The maximum Gasteiger partial charge on any atom is 0.260 e. The van der Waals surface area contributed by atoms with Crippen molar-refractivity contribution in [2.24, 2.45) is 0 Å². The number of methoxy groups -OCH3 is 1. The molecule has 0 spiro atoms. The standard InChI is InChI=1S/C16H23FN2O2/c1-3-19(11-12-7-4-5-10-18-12)16(20)15-13(17)8-6-9-14(15)21-2/h6,8-9,12,18H,3-5,7,10-11H2,1-2H3. The number of hydrogen-bond acceptors (Lipinski definition) is 3. The van der Waals surface area contributed by atoms with Gasteiger partial charge in [0.1, 0.15) is 17.1 Å². The van der Waals surface area contributed by atoms with E-state index in [1.807, 2.05) is 6.92 Å². The highest BCUT2D eigenvalue weighted by Gasteiger charge is 2.25. The second-order valence-corrected chi connectivity index (χ2v) is 5.31. The van der Waals surface area contributed by atoms with Crippen LogP contribution in [-0.2, 0) is 0 Å². The topological polar surface area (TPSA) is 41.6 Å². The van der Waals surface area contributed by atoms with Crippen LogP contribution in [-0.4, -0.2) is 43.6 Å². The monoisotopic (exact) mass is 294 g/mol. The van der Waals surface area contributed by atoms with E-state index in [0.717, 1.165) is 13.0 Å². The number of nitrogens with zero attached hydrogens (tertiary/aromatic N) is 1. The smallest absolute Gasteiger partial charge is 0.260 e. The van der Waals surface area contributed by atoms with Crippen molar-refractivity contribution < 1.29 is 13.9 Å². The summed E-state index contributed by atoms with van der Waals surface area (Å²) >= 11 is 0. The number of amides is 1. The van der Waals surface area contributed by atoms with Crippen molar-refractivity contribution in [2.75, 3.05) is 26.7 Å². The molecule has 5 heteroatoms. The summed E-state index contributed by atoms with van der Waals surface area (Å²) in [6.07, 6.45) is 3.41. The van der Waals surface area contributed by atoms with Gasteiger partial charge in [-0.2, -0.15) is 0 Å². The van der Waals surface area contributed by atoms with E-state index in [0.29, 0.717) is 19.1 Å². The number of benzene rings is 1. The van der Waals surface area contributed by atoms with E-state index >= 15 is 0 Å². The third kappa shape index (κ3) is 3.73. The number of hydrogen-bond donors (Lipinski definition) is 1. The summed E-state index contributed by atoms with van der Waals surface area (Å²) in [7, 11) is 1.45. The van der Waals surface area contributed by atoms with Gasteiger partial charge in [0.2, 0.25) is 0 Å². The van der Waals surface area contributed by atoms with Crippen molar-refractivity contribution in [2.45, 2.75) is 32.2 Å². The lowest BCUT2D eigenvalue weighted by Crippen LogP contribution is -2.45. The van der Waals surface area contributed by atoms with Gasteiger partial charge in [0.25, 0.3) is 5.91 Å². The molecule has 1 unspecified atom stereocenters. The first-order valence-electron chi connectivity index (χ1n) is 7.52. The van der Waals surface area contributed by atoms with E-state index in [9.17, 15) is 9.18 Å². The Morgan fingerprint density at radius 2 is 2.29 bits per heavy atom. The summed E-state index contributed by atoms with van der Waals surface area (Å²) in [6.45, 7) is 4.05. The third-order valence-electron chi connectivity index (χ3n) is 3.93. The molecule has 4 nitrogen and oxygen atoms in total. The zero-order valence-electron chi connectivity index (χ0n) is 12.7. The molecule has 1 heterocycles. The molecule has 0 aromatic heterocycles. The summed E-state index contributed by atoms with van der Waals surface area (Å²) < 4.78 is 19.1. The van der Waals surface area contributed by atoms with Gasteiger partial charge in [0.15, 0.2) is 0 Å². The molecule has 116 valence electrons. The molecule has 1 atom stereocenters. The minimum absolute atomic E-state index is 0.0256. The summed E-state index contributed by atoms with van der Waals surface area (Å²) in [4.78, 5) is 14.3. The second kappa shape index (κ2) is 7.41. The molecule has 0 radical (unpaired) electrons. The van der Waals surface area contributed by atoms with E-state index < -0.39 is 5.82 Å². The first-order chi connectivity index (χ1) is 10.2. The SMILES string of the molecule is CCN(CC1CCCCN1)C(=O)c1c(F)cccc1OC. The van der Waals surface area contributed by atoms with Crippen molar-refractivity contribution in [1.82, 2.24) is 10.2 Å². The number of carbonyl (C=O) groups is 1. The minimum atomic E-state index is -0.533. The summed E-state index contributed by atoms with van der Waals surface area (Å²) in [5.41, 5.74) is 0.0256. The number of halogens is 1. The van der Waals surface area contributed by atoms with Crippen LogP contribution in [0.4, 0.5) is 4.39 Å². The molecular formula is C16H23FN2O2. The Bertz CT molecular complexity index is 487. The Labute approximate surface area is 125 Å². The van der Waals surface area contributed by atoms with Gasteiger partial charge in [0, 0.05) is 19.1 Å². The third-order valence-corrected chi connectivity index (χ3v) is 3.93. The van der Waals surface area contributed by atoms with Gasteiger partial charge in [-0.15, -0.1) is 0 Å². The molecule has 1 saturated heterocycles. The Morgan fingerprint density at radius 3 is 2.90 bits per heavy atom. The number of nitrogens with one attached hydrogen (secondary N) is 1. The number of likely N-dealkylation sites (N-methyl/N-ethyl adjacent to an activating group) is 1.